The molecule has 0 unspecified atom stereocenters. The van der Waals surface area contributed by atoms with Crippen molar-refractivity contribution >= 4 is 34.1 Å². The van der Waals surface area contributed by atoms with Crippen LogP contribution in [0.2, 0.25) is 0 Å². The van der Waals surface area contributed by atoms with Gasteiger partial charge >= 0.3 is 0 Å². The van der Waals surface area contributed by atoms with Crippen LogP contribution in [0.15, 0.2) is 54.6 Å². The first-order valence-corrected chi connectivity index (χ1v) is 10.7. The van der Waals surface area contributed by atoms with Crippen LogP contribution < -0.4 is 11.1 Å². The molecule has 0 atom stereocenters. The van der Waals surface area contributed by atoms with E-state index in [-0.39, 0.29) is 24.9 Å². The van der Waals surface area contributed by atoms with Gasteiger partial charge in [-0.25, -0.2) is 0 Å². The number of nitrogens with zero attached hydrogens (tertiary/aromatic N) is 1. The van der Waals surface area contributed by atoms with Crippen molar-refractivity contribution in [3.8, 4) is 0 Å². The zero-order valence-electron chi connectivity index (χ0n) is 17.8. The summed E-state index contributed by atoms with van der Waals surface area (Å²) < 4.78 is 0. The number of hydrogen-bond acceptors (Lipinski definition) is 4. The quantitative estimate of drug-likeness (QED) is 0.586. The summed E-state index contributed by atoms with van der Waals surface area (Å²) in [5.41, 5.74) is 8.87. The molecule has 0 aliphatic carbocycles. The van der Waals surface area contributed by atoms with Crippen LogP contribution in [0.1, 0.15) is 42.3 Å². The molecule has 3 rings (SSSR count). The van der Waals surface area contributed by atoms with Gasteiger partial charge in [-0.3, -0.25) is 14.4 Å². The molecule has 0 saturated heterocycles. The number of hydrogen-bond donors (Lipinski definition) is 2. The maximum absolute atomic E-state index is 13.3. The highest BCUT2D eigenvalue weighted by Gasteiger charge is 2.23. The molecule has 0 fully saturated rings. The number of anilines is 1. The predicted molar refractivity (Wildman–Crippen MR) is 123 cm³/mol. The minimum atomic E-state index is -0.589. The molecule has 7 heteroatoms. The largest absolute Gasteiger partial charge is 0.365 e. The number of rotatable bonds is 7. The summed E-state index contributed by atoms with van der Waals surface area (Å²) in [4.78, 5) is 40.4. The van der Waals surface area contributed by atoms with E-state index in [1.807, 2.05) is 56.3 Å². The third kappa shape index (κ3) is 5.19. The van der Waals surface area contributed by atoms with E-state index in [0.717, 1.165) is 21.6 Å². The van der Waals surface area contributed by atoms with Gasteiger partial charge in [0.15, 0.2) is 0 Å². The van der Waals surface area contributed by atoms with Gasteiger partial charge in [0, 0.05) is 17.0 Å². The van der Waals surface area contributed by atoms with Gasteiger partial charge in [-0.1, -0.05) is 48.5 Å². The van der Waals surface area contributed by atoms with Crippen LogP contribution in [0.3, 0.4) is 0 Å². The Morgan fingerprint density at radius 3 is 2.26 bits per heavy atom. The molecule has 2 aromatic carbocycles. The van der Waals surface area contributed by atoms with Crippen LogP contribution in [0.4, 0.5) is 5.00 Å². The molecule has 3 aromatic rings. The van der Waals surface area contributed by atoms with Crippen LogP contribution >= 0.6 is 11.3 Å². The van der Waals surface area contributed by atoms with Crippen molar-refractivity contribution in [1.29, 1.82) is 0 Å². The molecule has 0 spiro atoms. The van der Waals surface area contributed by atoms with E-state index in [4.69, 9.17) is 5.73 Å². The van der Waals surface area contributed by atoms with Crippen LogP contribution in [-0.4, -0.2) is 29.2 Å². The molecule has 1 aromatic heterocycles. The summed E-state index contributed by atoms with van der Waals surface area (Å²) in [7, 11) is 0. The van der Waals surface area contributed by atoms with Gasteiger partial charge in [-0.2, -0.15) is 0 Å². The molecule has 0 radical (unpaired) electrons. The number of carbonyl (C=O) groups excluding carboxylic acids is 3. The fraction of sp³-hybridized carbons (Fsp3) is 0.208. The molecule has 0 bridgehead atoms. The van der Waals surface area contributed by atoms with Gasteiger partial charge in [0.1, 0.15) is 11.5 Å². The van der Waals surface area contributed by atoms with Gasteiger partial charge < -0.3 is 16.0 Å². The summed E-state index contributed by atoms with van der Waals surface area (Å²) >= 11 is 1.30. The summed E-state index contributed by atoms with van der Waals surface area (Å²) in [6.07, 6.45) is 0. The number of benzene rings is 2. The number of nitrogens with one attached hydrogen (secondary N) is 1. The van der Waals surface area contributed by atoms with Crippen molar-refractivity contribution in [2.45, 2.75) is 27.3 Å². The van der Waals surface area contributed by atoms with E-state index < -0.39 is 5.91 Å². The Hall–Kier alpha value is -3.45. The second kappa shape index (κ2) is 9.57. The number of thiophene rings is 1. The minimum absolute atomic E-state index is 0.156. The zero-order valence-corrected chi connectivity index (χ0v) is 18.6. The maximum atomic E-state index is 13.3. The summed E-state index contributed by atoms with van der Waals surface area (Å²) in [6, 6.07) is 16.8. The van der Waals surface area contributed by atoms with Crippen LogP contribution in [0.25, 0.3) is 0 Å². The third-order valence-corrected chi connectivity index (χ3v) is 6.22. The number of aryl methyl sites for hydroxylation is 2. The van der Waals surface area contributed by atoms with Gasteiger partial charge in [0.25, 0.3) is 11.8 Å². The summed E-state index contributed by atoms with van der Waals surface area (Å²) in [5.74, 6) is -1.21. The standard InChI is InChI=1S/C24H25N3O3S/c1-15-9-7-8-12-19(15)24(30)27(13-18-10-5-4-6-11-18)14-20(28)26-23-21(22(25)29)16(2)17(3)31-23/h4-12H,13-14H2,1-3H3,(H2,25,29)(H,26,28). The molecule has 1 heterocycles. The van der Waals surface area contributed by atoms with Crippen LogP contribution in [0.5, 0.6) is 0 Å². The van der Waals surface area contributed by atoms with Crippen molar-refractivity contribution in [2.75, 3.05) is 11.9 Å². The molecular weight excluding hydrogens is 410 g/mol. The Kier molecular flexibility index (Phi) is 6.87. The Morgan fingerprint density at radius 2 is 1.61 bits per heavy atom. The fourth-order valence-corrected chi connectivity index (χ4v) is 4.42. The number of primary amides is 1. The van der Waals surface area contributed by atoms with Crippen molar-refractivity contribution in [3.63, 3.8) is 0 Å². The highest BCUT2D eigenvalue weighted by molar-refractivity contribution is 7.16. The molecule has 0 aliphatic rings. The van der Waals surface area contributed by atoms with E-state index in [1.54, 1.807) is 19.1 Å². The Morgan fingerprint density at radius 1 is 0.968 bits per heavy atom. The first kappa shape index (κ1) is 22.2. The Labute approximate surface area is 185 Å². The van der Waals surface area contributed by atoms with Crippen molar-refractivity contribution in [1.82, 2.24) is 4.90 Å². The number of nitrogens with two attached hydrogens (primary N) is 1. The van der Waals surface area contributed by atoms with Crippen molar-refractivity contribution < 1.29 is 14.4 Å². The summed E-state index contributed by atoms with van der Waals surface area (Å²) in [6.45, 7) is 5.66. The SMILES string of the molecule is Cc1ccccc1C(=O)N(CC(=O)Nc1sc(C)c(C)c1C(N)=O)Cc1ccccc1. The second-order valence-corrected chi connectivity index (χ2v) is 8.59. The lowest BCUT2D eigenvalue weighted by Crippen LogP contribution is -2.38. The average Bonchev–Trinajstić information content (AvgIpc) is 3.01. The summed E-state index contributed by atoms with van der Waals surface area (Å²) in [5, 5.41) is 3.19. The van der Waals surface area contributed by atoms with Gasteiger partial charge in [0.05, 0.1) is 5.56 Å². The molecule has 6 nitrogen and oxygen atoms in total. The molecule has 31 heavy (non-hydrogen) atoms. The van der Waals surface area contributed by atoms with E-state index in [0.29, 0.717) is 16.1 Å². The predicted octanol–water partition coefficient (Wildman–Crippen LogP) is 4.05. The fourth-order valence-electron chi connectivity index (χ4n) is 3.34. The van der Waals surface area contributed by atoms with E-state index in [9.17, 15) is 14.4 Å². The third-order valence-electron chi connectivity index (χ3n) is 5.10. The van der Waals surface area contributed by atoms with E-state index >= 15 is 0 Å². The molecule has 3 amide bonds. The molecule has 3 N–H and O–H groups in total. The van der Waals surface area contributed by atoms with Crippen LogP contribution in [0, 0.1) is 20.8 Å². The van der Waals surface area contributed by atoms with Crippen molar-refractivity contribution in [2.24, 2.45) is 5.73 Å². The normalized spacial score (nSPS) is 10.5. The number of carbonyl (C=O) groups is 3. The first-order chi connectivity index (χ1) is 14.8. The number of amides is 3. The lowest BCUT2D eigenvalue weighted by molar-refractivity contribution is -0.117. The Balaban J connectivity index is 1.85. The van der Waals surface area contributed by atoms with Gasteiger partial charge in [0.2, 0.25) is 5.91 Å². The molecule has 160 valence electrons. The molecule has 0 saturated carbocycles. The monoisotopic (exact) mass is 435 g/mol. The molecular formula is C24H25N3O3S. The zero-order chi connectivity index (χ0) is 22.5. The van der Waals surface area contributed by atoms with Gasteiger partial charge in [-0.15, -0.1) is 11.3 Å². The average molecular weight is 436 g/mol. The smallest absolute Gasteiger partial charge is 0.254 e. The highest BCUT2D eigenvalue weighted by Crippen LogP contribution is 2.32. The second-order valence-electron chi connectivity index (χ2n) is 7.36. The lowest BCUT2D eigenvalue weighted by atomic mass is 10.1. The van der Waals surface area contributed by atoms with Crippen LogP contribution in [-0.2, 0) is 11.3 Å². The van der Waals surface area contributed by atoms with Gasteiger partial charge in [-0.05, 0) is 43.5 Å². The first-order valence-electron chi connectivity index (χ1n) is 9.86. The van der Waals surface area contributed by atoms with E-state index in [2.05, 4.69) is 5.32 Å². The van der Waals surface area contributed by atoms with E-state index in [1.165, 1.54) is 16.2 Å². The minimum Gasteiger partial charge on any atom is -0.365 e. The topological polar surface area (TPSA) is 92.5 Å². The highest BCUT2D eigenvalue weighted by atomic mass is 32.1. The lowest BCUT2D eigenvalue weighted by Gasteiger charge is -2.23. The maximum Gasteiger partial charge on any atom is 0.254 e. The Bertz CT molecular complexity index is 1120. The molecule has 0 aliphatic heterocycles. The van der Waals surface area contributed by atoms with Crippen molar-refractivity contribution in [3.05, 3.63) is 87.3 Å².